The van der Waals surface area contributed by atoms with E-state index in [1.807, 2.05) is 18.2 Å². The van der Waals surface area contributed by atoms with Gasteiger partial charge in [-0.1, -0.05) is 6.07 Å². The van der Waals surface area contributed by atoms with E-state index in [9.17, 15) is 19.2 Å². The van der Waals surface area contributed by atoms with Crippen molar-refractivity contribution >= 4 is 34.4 Å². The summed E-state index contributed by atoms with van der Waals surface area (Å²) in [6.45, 7) is 5.65. The van der Waals surface area contributed by atoms with Crippen molar-refractivity contribution in [3.63, 3.8) is 0 Å². The van der Waals surface area contributed by atoms with E-state index in [1.54, 1.807) is 18.2 Å². The fourth-order valence-corrected chi connectivity index (χ4v) is 4.60. The number of hydrogen-bond acceptors (Lipinski definition) is 9. The summed E-state index contributed by atoms with van der Waals surface area (Å²) < 4.78 is 16.1. The number of aromatic nitrogens is 1. The summed E-state index contributed by atoms with van der Waals surface area (Å²) in [7, 11) is 1.24. The molecule has 0 radical (unpaired) electrons. The molecule has 194 valence electrons. The number of methoxy groups -OCH3 is 1. The Morgan fingerprint density at radius 2 is 1.74 bits per heavy atom. The van der Waals surface area contributed by atoms with Crippen molar-refractivity contribution < 1.29 is 28.0 Å². The molecule has 0 aliphatic carbocycles. The Balaban J connectivity index is 1.49. The first kappa shape index (κ1) is 24.9. The van der Waals surface area contributed by atoms with E-state index in [4.69, 9.17) is 8.83 Å². The number of hydrogen-bond donors (Lipinski definition) is 0. The molecular formula is C28H25N3O7. The zero-order valence-electron chi connectivity index (χ0n) is 21.1. The summed E-state index contributed by atoms with van der Waals surface area (Å²) in [5.41, 5.74) is 1.63. The summed E-state index contributed by atoms with van der Waals surface area (Å²) in [6.07, 6.45) is 1.27. The maximum Gasteiger partial charge on any atom is 0.347 e. The highest BCUT2D eigenvalue weighted by molar-refractivity contribution is 6.23. The van der Waals surface area contributed by atoms with Crippen LogP contribution in [0.2, 0.25) is 0 Å². The molecule has 10 heteroatoms. The van der Waals surface area contributed by atoms with E-state index in [2.05, 4.69) is 28.5 Å². The number of fused-ring (bicyclic) bond motifs is 2. The molecule has 0 atom stereocenters. The summed E-state index contributed by atoms with van der Waals surface area (Å²) >= 11 is 0. The minimum Gasteiger partial charge on any atom is -0.469 e. The van der Waals surface area contributed by atoms with Gasteiger partial charge in [0.05, 0.1) is 36.4 Å². The van der Waals surface area contributed by atoms with Crippen molar-refractivity contribution in [2.45, 2.75) is 20.3 Å². The summed E-state index contributed by atoms with van der Waals surface area (Å²) in [6, 6.07) is 12.1. The fourth-order valence-electron chi connectivity index (χ4n) is 4.60. The number of imide groups is 1. The van der Waals surface area contributed by atoms with E-state index in [1.165, 1.54) is 19.4 Å². The molecule has 5 rings (SSSR count). The summed E-state index contributed by atoms with van der Waals surface area (Å²) in [5, 5.41) is 0.719. The molecule has 0 unspecified atom stereocenters. The number of anilines is 1. The number of ether oxygens (including phenoxy) is 1. The topological polar surface area (TPSA) is 123 Å². The minimum absolute atomic E-state index is 0.0733. The van der Waals surface area contributed by atoms with Crippen LogP contribution in [0.4, 0.5) is 5.69 Å². The lowest BCUT2D eigenvalue weighted by Gasteiger charge is -2.20. The quantitative estimate of drug-likeness (QED) is 0.194. The van der Waals surface area contributed by atoms with Gasteiger partial charge in [-0.3, -0.25) is 19.3 Å². The average Bonchev–Trinajstić information content (AvgIpc) is 3.51. The van der Waals surface area contributed by atoms with Crippen LogP contribution >= 0.6 is 0 Å². The molecule has 4 aromatic rings. The van der Waals surface area contributed by atoms with E-state index in [0.717, 1.165) is 29.1 Å². The van der Waals surface area contributed by atoms with Crippen molar-refractivity contribution in [1.82, 2.24) is 9.88 Å². The third-order valence-corrected chi connectivity index (χ3v) is 6.62. The van der Waals surface area contributed by atoms with Crippen LogP contribution in [0.5, 0.6) is 0 Å². The van der Waals surface area contributed by atoms with Crippen molar-refractivity contribution in [2.75, 3.05) is 31.6 Å². The Labute approximate surface area is 217 Å². The maximum atomic E-state index is 13.1. The number of nitrogens with zero attached hydrogens (tertiary/aromatic N) is 3. The molecule has 10 nitrogen and oxygen atoms in total. The second-order valence-electron chi connectivity index (χ2n) is 8.69. The van der Waals surface area contributed by atoms with Crippen LogP contribution < -0.4 is 10.5 Å². The van der Waals surface area contributed by atoms with Gasteiger partial charge in [0.1, 0.15) is 11.1 Å². The van der Waals surface area contributed by atoms with Crippen LogP contribution in [0.1, 0.15) is 41.0 Å². The summed E-state index contributed by atoms with van der Waals surface area (Å²) in [5.74, 6) is -1.36. The molecule has 2 aromatic heterocycles. The van der Waals surface area contributed by atoms with Crippen LogP contribution in [0.25, 0.3) is 33.7 Å². The third-order valence-electron chi connectivity index (χ3n) is 6.62. The second-order valence-corrected chi connectivity index (χ2v) is 8.69. The molecule has 3 heterocycles. The van der Waals surface area contributed by atoms with Crippen LogP contribution in [0, 0.1) is 0 Å². The van der Waals surface area contributed by atoms with Crippen molar-refractivity contribution in [3.8, 4) is 22.8 Å². The molecule has 0 saturated carbocycles. The zero-order chi connectivity index (χ0) is 27.0. The van der Waals surface area contributed by atoms with E-state index >= 15 is 0 Å². The average molecular weight is 516 g/mol. The predicted octanol–water partition coefficient (Wildman–Crippen LogP) is 4.12. The van der Waals surface area contributed by atoms with E-state index < -0.39 is 23.4 Å². The first-order valence-electron chi connectivity index (χ1n) is 12.2. The normalized spacial score (nSPS) is 12.8. The molecule has 1 aliphatic heterocycles. The van der Waals surface area contributed by atoms with Gasteiger partial charge >= 0.3 is 11.6 Å². The monoisotopic (exact) mass is 515 g/mol. The molecule has 2 amide bonds. The summed E-state index contributed by atoms with van der Waals surface area (Å²) in [4.78, 5) is 57.8. The maximum absolute atomic E-state index is 13.1. The van der Waals surface area contributed by atoms with Crippen LogP contribution in [0.15, 0.2) is 62.3 Å². The lowest BCUT2D eigenvalue weighted by Crippen LogP contribution is -2.32. The van der Waals surface area contributed by atoms with Gasteiger partial charge in [-0.25, -0.2) is 9.78 Å². The van der Waals surface area contributed by atoms with E-state index in [-0.39, 0.29) is 41.3 Å². The van der Waals surface area contributed by atoms with Gasteiger partial charge in [0, 0.05) is 36.8 Å². The Morgan fingerprint density at radius 3 is 2.47 bits per heavy atom. The molecule has 0 saturated heterocycles. The molecular weight excluding hydrogens is 490 g/mol. The number of esters is 1. The lowest BCUT2D eigenvalue weighted by molar-refractivity contribution is -0.140. The van der Waals surface area contributed by atoms with Crippen LogP contribution in [-0.2, 0) is 9.53 Å². The van der Waals surface area contributed by atoms with Crippen molar-refractivity contribution in [1.29, 1.82) is 0 Å². The Hall–Kier alpha value is -4.73. The molecule has 2 aromatic carbocycles. The van der Waals surface area contributed by atoms with Gasteiger partial charge in [0.15, 0.2) is 5.76 Å². The van der Waals surface area contributed by atoms with Crippen LogP contribution in [-0.4, -0.2) is 54.4 Å². The highest BCUT2D eigenvalue weighted by Crippen LogP contribution is 2.34. The lowest BCUT2D eigenvalue weighted by atomic mass is 10.0. The van der Waals surface area contributed by atoms with Crippen LogP contribution in [0.3, 0.4) is 0 Å². The number of benzene rings is 2. The third kappa shape index (κ3) is 4.23. The van der Waals surface area contributed by atoms with Gasteiger partial charge in [0.25, 0.3) is 11.8 Å². The molecule has 0 spiro atoms. The first-order chi connectivity index (χ1) is 18.4. The number of carbonyl (C=O) groups excluding carboxylic acids is 3. The highest BCUT2D eigenvalue weighted by atomic mass is 16.5. The minimum atomic E-state index is -0.588. The predicted molar refractivity (Wildman–Crippen MR) is 139 cm³/mol. The smallest absolute Gasteiger partial charge is 0.347 e. The zero-order valence-corrected chi connectivity index (χ0v) is 21.1. The molecule has 0 N–H and O–H groups in total. The number of oxazole rings is 1. The number of amides is 2. The van der Waals surface area contributed by atoms with Gasteiger partial charge in [0.2, 0.25) is 5.89 Å². The van der Waals surface area contributed by atoms with Gasteiger partial charge < -0.3 is 18.5 Å². The Morgan fingerprint density at radius 1 is 0.974 bits per heavy atom. The highest BCUT2D eigenvalue weighted by Gasteiger charge is 2.38. The SMILES string of the molecule is CCN(CC)c1ccc2cc(-c3cnc(-c4cccc5c4C(=O)N(CCC(=O)OC)C5=O)o3)c(=O)oc2c1. The van der Waals surface area contributed by atoms with Crippen molar-refractivity contribution in [3.05, 3.63) is 70.2 Å². The molecule has 1 aliphatic rings. The van der Waals surface area contributed by atoms with Gasteiger partial charge in [-0.15, -0.1) is 0 Å². The van der Waals surface area contributed by atoms with Gasteiger partial charge in [-0.05, 0) is 44.2 Å². The molecule has 0 fully saturated rings. The molecule has 38 heavy (non-hydrogen) atoms. The molecule has 0 bridgehead atoms. The Kier molecular flexibility index (Phi) is 6.54. The Bertz CT molecular complexity index is 1630. The fraction of sp³-hybridized carbons (Fsp3) is 0.250. The van der Waals surface area contributed by atoms with E-state index in [0.29, 0.717) is 11.1 Å². The number of carbonyl (C=O) groups is 3. The van der Waals surface area contributed by atoms with Crippen molar-refractivity contribution in [2.24, 2.45) is 0 Å². The second kappa shape index (κ2) is 9.97. The standard InChI is InChI=1S/C28H25N3O7/c1-4-30(5-2)17-10-9-16-13-20(28(35)38-21(16)14-17)22-15-29-25(37-22)18-7-6-8-19-24(18)27(34)31(26(19)33)12-11-23(32)36-3/h6-10,13-15H,4-5,11-12H2,1-3H3. The van der Waals surface area contributed by atoms with Gasteiger partial charge in [-0.2, -0.15) is 0 Å². The largest absolute Gasteiger partial charge is 0.469 e. The number of rotatable bonds is 8. The first-order valence-corrected chi connectivity index (χ1v) is 12.2.